The van der Waals surface area contributed by atoms with Gasteiger partial charge in [0.15, 0.2) is 0 Å². The molecule has 0 aliphatic heterocycles. The normalized spacial score (nSPS) is 12.3. The van der Waals surface area contributed by atoms with Crippen LogP contribution in [0.3, 0.4) is 0 Å². The van der Waals surface area contributed by atoms with E-state index in [0.29, 0.717) is 5.41 Å². The molecule has 168 valence electrons. The highest BCUT2D eigenvalue weighted by atomic mass is 17.2. The lowest BCUT2D eigenvalue weighted by Crippen LogP contribution is -2.29. The second kappa shape index (κ2) is 12.3. The summed E-state index contributed by atoms with van der Waals surface area (Å²) in [6, 6.07) is 20.2. The molecule has 2 aromatic carbocycles. The molecule has 0 N–H and O–H groups in total. The van der Waals surface area contributed by atoms with Gasteiger partial charge >= 0.3 is 0 Å². The van der Waals surface area contributed by atoms with Gasteiger partial charge in [0.25, 0.3) is 0 Å². The fourth-order valence-electron chi connectivity index (χ4n) is 3.07. The second-order valence-electron chi connectivity index (χ2n) is 10.3. The van der Waals surface area contributed by atoms with E-state index in [1.54, 1.807) is 0 Å². The highest BCUT2D eigenvalue weighted by molar-refractivity contribution is 5.22. The maximum absolute atomic E-state index is 5.73. The smallest absolute Gasteiger partial charge is 0.123 e. The largest absolute Gasteiger partial charge is 0.225 e. The topological polar surface area (TPSA) is 18.5 Å². The molecule has 2 rings (SSSR count). The van der Waals surface area contributed by atoms with Crippen LogP contribution in [0.5, 0.6) is 0 Å². The molecule has 0 aromatic heterocycles. The fourth-order valence-corrected chi connectivity index (χ4v) is 3.07. The lowest BCUT2D eigenvalue weighted by molar-refractivity contribution is -0.410. The number of rotatable bonds is 9. The molecule has 0 spiro atoms. The first-order chi connectivity index (χ1) is 14.0. The maximum atomic E-state index is 5.73. The summed E-state index contributed by atoms with van der Waals surface area (Å²) in [5.74, 6) is 0. The van der Waals surface area contributed by atoms with Crippen LogP contribution in [-0.4, -0.2) is 0 Å². The first-order valence-electron chi connectivity index (χ1n) is 11.5. The van der Waals surface area contributed by atoms with E-state index in [0.717, 1.165) is 11.1 Å². The first kappa shape index (κ1) is 26.4. The molecule has 2 nitrogen and oxygen atoms in total. The van der Waals surface area contributed by atoms with Gasteiger partial charge in [-0.3, -0.25) is 0 Å². The van der Waals surface area contributed by atoms with Crippen molar-refractivity contribution in [1.29, 1.82) is 0 Å². The molecule has 0 aliphatic rings. The van der Waals surface area contributed by atoms with Gasteiger partial charge in [0, 0.05) is 0 Å². The van der Waals surface area contributed by atoms with Crippen LogP contribution < -0.4 is 0 Å². The quantitative estimate of drug-likeness (QED) is 0.233. The zero-order chi connectivity index (χ0) is 22.7. The molecule has 0 unspecified atom stereocenters. The van der Waals surface area contributed by atoms with Crippen molar-refractivity contribution in [1.82, 2.24) is 0 Å². The molecule has 0 bridgehead atoms. The van der Waals surface area contributed by atoms with Crippen molar-refractivity contribution >= 4 is 0 Å². The molecule has 0 saturated heterocycles. The molecule has 2 heteroatoms. The van der Waals surface area contributed by atoms with Crippen molar-refractivity contribution in [2.75, 3.05) is 0 Å². The predicted molar refractivity (Wildman–Crippen MR) is 129 cm³/mol. The summed E-state index contributed by atoms with van der Waals surface area (Å²) in [5.41, 5.74) is 1.74. The van der Waals surface area contributed by atoms with E-state index in [-0.39, 0.29) is 0 Å². The van der Waals surface area contributed by atoms with Gasteiger partial charge in [0.2, 0.25) is 0 Å². The predicted octanol–water partition coefficient (Wildman–Crippen LogP) is 8.81. The van der Waals surface area contributed by atoms with E-state index in [9.17, 15) is 0 Å². The molecule has 2 aromatic rings. The van der Waals surface area contributed by atoms with Crippen LogP contribution in [0.15, 0.2) is 60.7 Å². The molecule has 0 saturated carbocycles. The SMILES string of the molecule is CC(C)(OOC(C)(C)c1ccccc1)c1ccccc1.CCCCCCC(C)(C)C. The molecular formula is C28H44O2. The van der Waals surface area contributed by atoms with Crippen molar-refractivity contribution in [3.63, 3.8) is 0 Å². The summed E-state index contributed by atoms with van der Waals surface area (Å²) < 4.78 is 0. The van der Waals surface area contributed by atoms with E-state index in [1.807, 2.05) is 88.4 Å². The van der Waals surface area contributed by atoms with Crippen LogP contribution in [0, 0.1) is 5.41 Å². The Morgan fingerprint density at radius 3 is 1.30 bits per heavy atom. The zero-order valence-electron chi connectivity index (χ0n) is 20.6. The Morgan fingerprint density at radius 1 is 0.567 bits per heavy atom. The number of hydrogen-bond acceptors (Lipinski definition) is 2. The van der Waals surface area contributed by atoms with Gasteiger partial charge in [0.1, 0.15) is 11.2 Å². The van der Waals surface area contributed by atoms with Gasteiger partial charge in [-0.15, -0.1) is 0 Å². The summed E-state index contributed by atoms with van der Waals surface area (Å²) in [6.45, 7) is 17.2. The van der Waals surface area contributed by atoms with Gasteiger partial charge in [0.05, 0.1) is 0 Å². The lowest BCUT2D eigenvalue weighted by Gasteiger charge is -2.31. The summed E-state index contributed by atoms with van der Waals surface area (Å²) in [7, 11) is 0. The Morgan fingerprint density at radius 2 is 0.967 bits per heavy atom. The first-order valence-corrected chi connectivity index (χ1v) is 11.5. The Hall–Kier alpha value is -1.64. The minimum atomic E-state index is -0.493. The van der Waals surface area contributed by atoms with Crippen LogP contribution in [0.4, 0.5) is 0 Å². The fraction of sp³-hybridized carbons (Fsp3) is 0.571. The van der Waals surface area contributed by atoms with Crippen LogP contribution >= 0.6 is 0 Å². The number of benzene rings is 2. The Bertz CT molecular complexity index is 630. The third kappa shape index (κ3) is 10.4. The van der Waals surface area contributed by atoms with E-state index < -0.39 is 11.2 Å². The van der Waals surface area contributed by atoms with Crippen molar-refractivity contribution < 1.29 is 9.78 Å². The Kier molecular flexibility index (Phi) is 10.8. The third-order valence-corrected chi connectivity index (χ3v) is 5.18. The van der Waals surface area contributed by atoms with Crippen molar-refractivity contribution in [2.45, 2.75) is 98.7 Å². The minimum Gasteiger partial charge on any atom is -0.225 e. The lowest BCUT2D eigenvalue weighted by atomic mass is 9.89. The molecule has 0 radical (unpaired) electrons. The highest BCUT2D eigenvalue weighted by Gasteiger charge is 2.29. The van der Waals surface area contributed by atoms with Crippen LogP contribution in [0.25, 0.3) is 0 Å². The highest BCUT2D eigenvalue weighted by Crippen LogP contribution is 2.31. The van der Waals surface area contributed by atoms with Gasteiger partial charge in [-0.1, -0.05) is 114 Å². The molecule has 0 heterocycles. The molecule has 30 heavy (non-hydrogen) atoms. The number of hydrogen-bond donors (Lipinski definition) is 0. The van der Waals surface area contributed by atoms with Gasteiger partial charge in [-0.25, -0.2) is 9.78 Å². The monoisotopic (exact) mass is 412 g/mol. The van der Waals surface area contributed by atoms with Crippen molar-refractivity contribution in [3.05, 3.63) is 71.8 Å². The van der Waals surface area contributed by atoms with Crippen LogP contribution in [0.2, 0.25) is 0 Å². The van der Waals surface area contributed by atoms with Crippen LogP contribution in [0.1, 0.15) is 98.6 Å². The number of unbranched alkanes of at least 4 members (excludes halogenated alkanes) is 3. The molecule has 0 aliphatic carbocycles. The molecular weight excluding hydrogens is 368 g/mol. The minimum absolute atomic E-state index is 0.493. The second-order valence-corrected chi connectivity index (χ2v) is 10.3. The van der Waals surface area contributed by atoms with Crippen molar-refractivity contribution in [3.8, 4) is 0 Å². The van der Waals surface area contributed by atoms with Crippen molar-refractivity contribution in [2.24, 2.45) is 5.41 Å². The average molecular weight is 413 g/mol. The Labute approximate surface area is 185 Å². The van der Waals surface area contributed by atoms with E-state index in [1.165, 1.54) is 32.1 Å². The molecule has 0 atom stereocenters. The summed E-state index contributed by atoms with van der Waals surface area (Å²) in [6.07, 6.45) is 6.98. The average Bonchev–Trinajstić information content (AvgIpc) is 2.71. The summed E-state index contributed by atoms with van der Waals surface area (Å²) in [4.78, 5) is 11.5. The van der Waals surface area contributed by atoms with E-state index >= 15 is 0 Å². The summed E-state index contributed by atoms with van der Waals surface area (Å²) in [5, 5.41) is 0. The zero-order valence-corrected chi connectivity index (χ0v) is 20.6. The summed E-state index contributed by atoms with van der Waals surface area (Å²) >= 11 is 0. The third-order valence-electron chi connectivity index (χ3n) is 5.18. The van der Waals surface area contributed by atoms with E-state index in [4.69, 9.17) is 9.78 Å². The standard InChI is InChI=1S/C18H22O2.C10H22/c1-17(2,15-11-7-5-8-12-15)19-20-18(3,4)16-13-9-6-10-14-16;1-5-6-7-8-9-10(2,3)4/h5-14H,1-4H3;5-9H2,1-4H3. The maximum Gasteiger partial charge on any atom is 0.123 e. The molecule has 0 fully saturated rings. The van der Waals surface area contributed by atoms with Crippen LogP contribution in [-0.2, 0) is 21.0 Å². The van der Waals surface area contributed by atoms with Gasteiger partial charge < -0.3 is 0 Å². The van der Waals surface area contributed by atoms with E-state index in [2.05, 4.69) is 27.7 Å². The van der Waals surface area contributed by atoms with Gasteiger partial charge in [-0.2, -0.15) is 0 Å². The Balaban J connectivity index is 0.000000382. The van der Waals surface area contributed by atoms with Gasteiger partial charge in [-0.05, 0) is 50.7 Å². The molecule has 0 amide bonds.